The molecule has 0 atom stereocenters. The van der Waals surface area contributed by atoms with E-state index in [1.807, 2.05) is 36.4 Å². The van der Waals surface area contributed by atoms with Crippen LogP contribution in [0, 0.1) is 0 Å². The minimum atomic E-state index is -0.500. The predicted molar refractivity (Wildman–Crippen MR) is 37.1 cm³/mol. The van der Waals surface area contributed by atoms with Gasteiger partial charge in [0.25, 0.3) is 0 Å². The minimum absolute atomic E-state index is 0.500. The van der Waals surface area contributed by atoms with E-state index in [4.69, 9.17) is 8.76 Å². The SMILES string of the molecule is O=[S+]O.c1ccccc1. The molecule has 9 heavy (non-hydrogen) atoms. The fourth-order valence-corrected chi connectivity index (χ4v) is 0.385. The molecule has 1 aromatic rings. The lowest BCUT2D eigenvalue weighted by Gasteiger charge is -1.69. The third kappa shape index (κ3) is 7.20. The largest absolute Gasteiger partial charge is 0.690 e. The molecule has 0 aliphatic rings. The third-order valence-corrected chi connectivity index (χ3v) is 0.667. The summed E-state index contributed by atoms with van der Waals surface area (Å²) in [5.41, 5.74) is 0. The molecule has 2 nitrogen and oxygen atoms in total. The Hall–Kier alpha value is -0.800. The lowest BCUT2D eigenvalue weighted by molar-refractivity contribution is 0.538. The molecule has 0 radical (unpaired) electrons. The first kappa shape index (κ1) is 8.20. The van der Waals surface area contributed by atoms with Crippen molar-refractivity contribution in [2.75, 3.05) is 0 Å². The zero-order valence-electron chi connectivity index (χ0n) is 4.73. The Labute approximate surface area is 57.8 Å². The average molecular weight is 143 g/mol. The summed E-state index contributed by atoms with van der Waals surface area (Å²) >= 11 is -0.500. The van der Waals surface area contributed by atoms with E-state index in [0.717, 1.165) is 0 Å². The summed E-state index contributed by atoms with van der Waals surface area (Å²) in [6.45, 7) is 0. The summed E-state index contributed by atoms with van der Waals surface area (Å²) in [6, 6.07) is 12.0. The Morgan fingerprint density at radius 1 is 0.889 bits per heavy atom. The summed E-state index contributed by atoms with van der Waals surface area (Å²) in [4.78, 5) is 0. The van der Waals surface area contributed by atoms with Crippen molar-refractivity contribution in [3.8, 4) is 0 Å². The minimum Gasteiger partial charge on any atom is -0.0737 e. The Bertz CT molecular complexity index is 114. The molecular formula is C6H7O2S+. The van der Waals surface area contributed by atoms with Gasteiger partial charge in [0.15, 0.2) is 0 Å². The van der Waals surface area contributed by atoms with Crippen molar-refractivity contribution in [1.82, 2.24) is 0 Å². The van der Waals surface area contributed by atoms with Gasteiger partial charge in [0.1, 0.15) is 0 Å². The molecule has 0 unspecified atom stereocenters. The van der Waals surface area contributed by atoms with Gasteiger partial charge in [0.05, 0.1) is 4.21 Å². The van der Waals surface area contributed by atoms with Crippen LogP contribution in [0.25, 0.3) is 0 Å². The smallest absolute Gasteiger partial charge is 0.0737 e. The normalized spacial score (nSPS) is 6.78. The maximum atomic E-state index is 8.40. The molecule has 0 amide bonds. The van der Waals surface area contributed by atoms with Crippen molar-refractivity contribution >= 4 is 11.9 Å². The zero-order valence-corrected chi connectivity index (χ0v) is 5.54. The van der Waals surface area contributed by atoms with Crippen molar-refractivity contribution < 1.29 is 8.76 Å². The lowest BCUT2D eigenvalue weighted by atomic mass is 10.4. The number of hydrogen-bond donors (Lipinski definition) is 1. The number of rotatable bonds is 0. The molecule has 0 bridgehead atoms. The van der Waals surface area contributed by atoms with Crippen LogP contribution in [-0.4, -0.2) is 4.55 Å². The Balaban J connectivity index is 0.000000187. The molecule has 0 aliphatic carbocycles. The molecule has 0 spiro atoms. The molecule has 1 aromatic carbocycles. The molecule has 3 heteroatoms. The van der Waals surface area contributed by atoms with Crippen LogP contribution in [0.3, 0.4) is 0 Å². The van der Waals surface area contributed by atoms with E-state index >= 15 is 0 Å². The van der Waals surface area contributed by atoms with Gasteiger partial charge in [-0.25, -0.2) is 0 Å². The average Bonchev–Trinajstić information content (AvgIpc) is 1.93. The third-order valence-electron chi connectivity index (χ3n) is 0.667. The van der Waals surface area contributed by atoms with E-state index in [1.54, 1.807) is 0 Å². The molecule has 0 aliphatic heterocycles. The highest BCUT2D eigenvalue weighted by Gasteiger charge is 1.61. The molecule has 1 rings (SSSR count). The van der Waals surface area contributed by atoms with Crippen LogP contribution < -0.4 is 0 Å². The highest BCUT2D eigenvalue weighted by Crippen LogP contribution is 1.79. The van der Waals surface area contributed by atoms with Crippen molar-refractivity contribution in [2.24, 2.45) is 0 Å². The van der Waals surface area contributed by atoms with Crippen LogP contribution in [0.15, 0.2) is 36.4 Å². The second-order valence-electron chi connectivity index (χ2n) is 1.23. The molecule has 0 fully saturated rings. The lowest BCUT2D eigenvalue weighted by Crippen LogP contribution is -1.47. The summed E-state index contributed by atoms with van der Waals surface area (Å²) < 4.78 is 15.3. The predicted octanol–water partition coefficient (Wildman–Crippen LogP) is 1.57. The molecule has 1 N–H and O–H groups in total. The van der Waals surface area contributed by atoms with E-state index in [0.29, 0.717) is 0 Å². The van der Waals surface area contributed by atoms with Crippen LogP contribution in [-0.2, 0) is 16.2 Å². The van der Waals surface area contributed by atoms with Crippen LogP contribution in [0.2, 0.25) is 0 Å². The van der Waals surface area contributed by atoms with E-state index < -0.39 is 11.9 Å². The van der Waals surface area contributed by atoms with Gasteiger partial charge in [-0.05, 0) is 0 Å². The van der Waals surface area contributed by atoms with E-state index in [9.17, 15) is 0 Å². The second kappa shape index (κ2) is 7.20. The molecule has 0 saturated carbocycles. The highest BCUT2D eigenvalue weighted by atomic mass is 32.2. The quantitative estimate of drug-likeness (QED) is 0.442. The van der Waals surface area contributed by atoms with Gasteiger partial charge >= 0.3 is 11.9 Å². The monoisotopic (exact) mass is 143 g/mol. The molecule has 48 valence electrons. The van der Waals surface area contributed by atoms with Crippen molar-refractivity contribution in [3.05, 3.63) is 36.4 Å². The first-order chi connectivity index (χ1) is 4.41. The van der Waals surface area contributed by atoms with Crippen LogP contribution in [0.5, 0.6) is 0 Å². The van der Waals surface area contributed by atoms with Crippen LogP contribution >= 0.6 is 0 Å². The topological polar surface area (TPSA) is 37.3 Å². The molecule has 0 heterocycles. The first-order valence-electron chi connectivity index (χ1n) is 2.35. The van der Waals surface area contributed by atoms with Crippen molar-refractivity contribution in [1.29, 1.82) is 0 Å². The van der Waals surface area contributed by atoms with Crippen LogP contribution in [0.4, 0.5) is 0 Å². The zero-order chi connectivity index (χ0) is 6.95. The summed E-state index contributed by atoms with van der Waals surface area (Å²) in [6.07, 6.45) is 0. The van der Waals surface area contributed by atoms with Gasteiger partial charge in [-0.2, -0.15) is 0 Å². The van der Waals surface area contributed by atoms with Gasteiger partial charge in [-0.1, -0.05) is 41.0 Å². The Kier molecular flexibility index (Phi) is 6.56. The molecule has 0 saturated heterocycles. The van der Waals surface area contributed by atoms with Gasteiger partial charge in [0.2, 0.25) is 0 Å². The van der Waals surface area contributed by atoms with Gasteiger partial charge < -0.3 is 0 Å². The standard InChI is InChI=1S/C6H6.O2S/c1-2-4-6-5-3-1;1-3-2/h1-6H;/p+1. The second-order valence-corrected chi connectivity index (χ2v) is 1.38. The van der Waals surface area contributed by atoms with E-state index in [2.05, 4.69) is 0 Å². The number of benzene rings is 1. The van der Waals surface area contributed by atoms with Gasteiger partial charge in [-0.3, -0.25) is 0 Å². The maximum Gasteiger partial charge on any atom is 0.690 e. The Morgan fingerprint density at radius 3 is 1.11 bits per heavy atom. The highest BCUT2D eigenvalue weighted by molar-refractivity contribution is 7.59. The maximum absolute atomic E-state index is 8.40. The van der Waals surface area contributed by atoms with Crippen molar-refractivity contribution in [2.45, 2.75) is 0 Å². The fourth-order valence-electron chi connectivity index (χ4n) is 0.385. The summed E-state index contributed by atoms with van der Waals surface area (Å²) in [7, 11) is 0. The fraction of sp³-hybridized carbons (Fsp3) is 0. The Morgan fingerprint density at radius 2 is 1.00 bits per heavy atom. The first-order valence-corrected chi connectivity index (χ1v) is 3.05. The number of hydrogen-bond acceptors (Lipinski definition) is 1. The van der Waals surface area contributed by atoms with E-state index in [1.165, 1.54) is 0 Å². The van der Waals surface area contributed by atoms with Gasteiger partial charge in [-0.15, -0.1) is 0 Å². The summed E-state index contributed by atoms with van der Waals surface area (Å²) in [5.74, 6) is 0. The summed E-state index contributed by atoms with van der Waals surface area (Å²) in [5, 5.41) is 0. The van der Waals surface area contributed by atoms with Gasteiger partial charge in [0, 0.05) is 0 Å². The molecular weight excluding hydrogens is 136 g/mol. The molecule has 0 aromatic heterocycles. The van der Waals surface area contributed by atoms with Crippen molar-refractivity contribution in [3.63, 3.8) is 0 Å². The van der Waals surface area contributed by atoms with Crippen LogP contribution in [0.1, 0.15) is 0 Å². The van der Waals surface area contributed by atoms with E-state index in [-0.39, 0.29) is 0 Å².